The van der Waals surface area contributed by atoms with Gasteiger partial charge in [-0.1, -0.05) is 42.0 Å². The van der Waals surface area contributed by atoms with E-state index in [2.05, 4.69) is 20.4 Å². The first-order valence-electron chi connectivity index (χ1n) is 9.53. The van der Waals surface area contributed by atoms with E-state index >= 15 is 0 Å². The number of nitrogens with two attached hydrogens (primary N) is 1. The van der Waals surface area contributed by atoms with Crippen LogP contribution in [0.1, 0.15) is 21.5 Å². The van der Waals surface area contributed by atoms with E-state index in [4.69, 9.17) is 10.5 Å². The molecule has 4 rings (SSSR count). The number of amides is 1. The molecular weight excluding hydrogens is 380 g/mol. The van der Waals surface area contributed by atoms with Gasteiger partial charge in [-0.3, -0.25) is 4.79 Å². The molecule has 152 valence electrons. The highest BCUT2D eigenvalue weighted by Gasteiger charge is 2.23. The maximum absolute atomic E-state index is 12.8. The Morgan fingerprint density at radius 3 is 2.57 bits per heavy atom. The van der Waals surface area contributed by atoms with E-state index in [0.29, 0.717) is 35.3 Å². The van der Waals surface area contributed by atoms with Gasteiger partial charge in [-0.2, -0.15) is 9.78 Å². The second kappa shape index (κ2) is 8.30. The molecule has 0 aliphatic rings. The highest BCUT2D eigenvalue weighted by Crippen LogP contribution is 2.27. The first kappa shape index (κ1) is 19.5. The second-order valence-electron chi connectivity index (χ2n) is 6.86. The van der Waals surface area contributed by atoms with Crippen LogP contribution in [0.2, 0.25) is 0 Å². The molecular formula is C22H22N6O2. The van der Waals surface area contributed by atoms with Gasteiger partial charge in [0.25, 0.3) is 5.91 Å². The number of benzene rings is 2. The van der Waals surface area contributed by atoms with E-state index in [9.17, 15) is 4.79 Å². The Labute approximate surface area is 173 Å². The molecule has 2 heterocycles. The summed E-state index contributed by atoms with van der Waals surface area (Å²) in [6.07, 6.45) is 1.68. The van der Waals surface area contributed by atoms with Crippen LogP contribution in [-0.4, -0.2) is 47.0 Å². The molecule has 30 heavy (non-hydrogen) atoms. The highest BCUT2D eigenvalue weighted by atomic mass is 16.5. The Hall–Kier alpha value is -3.78. The lowest BCUT2D eigenvalue weighted by molar-refractivity contribution is 0.0939. The van der Waals surface area contributed by atoms with Crippen LogP contribution < -0.4 is 11.1 Å². The predicted octanol–water partition coefficient (Wildman–Crippen LogP) is 2.73. The number of rotatable bonds is 6. The van der Waals surface area contributed by atoms with Crippen molar-refractivity contribution in [1.29, 1.82) is 0 Å². The summed E-state index contributed by atoms with van der Waals surface area (Å²) in [5, 5.41) is 7.30. The number of carbonyl (C=O) groups is 1. The standard InChI is InChI=1S/C22H22N6O2/c1-14-7-9-15(10-8-14)13-25-28-20(23)18(22(29)24-11-12-30-2)19-21(28)27-17-6-4-3-5-16(17)26-19/h3-10,13H,11-12,23H2,1-2H3,(H,24,29)/b25-13+. The molecule has 0 spiro atoms. The summed E-state index contributed by atoms with van der Waals surface area (Å²) in [4.78, 5) is 22.1. The predicted molar refractivity (Wildman–Crippen MR) is 118 cm³/mol. The summed E-state index contributed by atoms with van der Waals surface area (Å²) in [6.45, 7) is 2.77. The van der Waals surface area contributed by atoms with Crippen LogP contribution in [0.3, 0.4) is 0 Å². The molecule has 0 saturated carbocycles. The van der Waals surface area contributed by atoms with Crippen molar-refractivity contribution in [3.05, 3.63) is 65.2 Å². The third-order valence-electron chi connectivity index (χ3n) is 4.69. The van der Waals surface area contributed by atoms with Gasteiger partial charge in [0.1, 0.15) is 16.9 Å². The Morgan fingerprint density at radius 2 is 1.87 bits per heavy atom. The minimum Gasteiger partial charge on any atom is -0.383 e. The van der Waals surface area contributed by atoms with Gasteiger partial charge in [0, 0.05) is 13.7 Å². The number of carbonyl (C=O) groups excluding carboxylic acids is 1. The summed E-state index contributed by atoms with van der Waals surface area (Å²) >= 11 is 0. The minimum atomic E-state index is -0.344. The first-order chi connectivity index (χ1) is 14.6. The van der Waals surface area contributed by atoms with Crippen LogP contribution >= 0.6 is 0 Å². The lowest BCUT2D eigenvalue weighted by atomic mass is 10.2. The zero-order chi connectivity index (χ0) is 21.1. The van der Waals surface area contributed by atoms with E-state index in [0.717, 1.165) is 11.1 Å². The molecule has 0 bridgehead atoms. The van der Waals surface area contributed by atoms with E-state index in [1.807, 2.05) is 55.5 Å². The number of nitrogens with zero attached hydrogens (tertiary/aromatic N) is 4. The SMILES string of the molecule is COCCNC(=O)c1c(N)n(/N=C/c2ccc(C)cc2)c2nc3ccccc3nc12. The molecule has 2 aromatic carbocycles. The Bertz CT molecular complexity index is 1240. The summed E-state index contributed by atoms with van der Waals surface area (Å²) in [6, 6.07) is 15.4. The Balaban J connectivity index is 1.85. The quantitative estimate of drug-likeness (QED) is 0.381. The minimum absolute atomic E-state index is 0.179. The number of ether oxygens (including phenoxy) is 1. The fourth-order valence-corrected chi connectivity index (χ4v) is 3.12. The van der Waals surface area contributed by atoms with Gasteiger partial charge in [0.05, 0.1) is 23.9 Å². The number of nitrogen functional groups attached to an aromatic ring is 1. The summed E-state index contributed by atoms with van der Waals surface area (Å²) < 4.78 is 6.46. The lowest BCUT2D eigenvalue weighted by Crippen LogP contribution is -2.27. The van der Waals surface area contributed by atoms with Gasteiger partial charge in [0.2, 0.25) is 0 Å². The molecule has 0 saturated heterocycles. The van der Waals surface area contributed by atoms with Crippen LogP contribution in [0.4, 0.5) is 5.82 Å². The molecule has 3 N–H and O–H groups in total. The van der Waals surface area contributed by atoms with Crippen molar-refractivity contribution in [2.75, 3.05) is 26.0 Å². The number of aryl methyl sites for hydroxylation is 1. The highest BCUT2D eigenvalue weighted by molar-refractivity contribution is 6.10. The van der Waals surface area contributed by atoms with Crippen LogP contribution in [0, 0.1) is 6.92 Å². The molecule has 0 aliphatic carbocycles. The normalized spacial score (nSPS) is 11.5. The molecule has 4 aromatic rings. The maximum atomic E-state index is 12.8. The number of hydrogen-bond acceptors (Lipinski definition) is 6. The fourth-order valence-electron chi connectivity index (χ4n) is 3.12. The van der Waals surface area contributed by atoms with Crippen molar-refractivity contribution in [1.82, 2.24) is 20.0 Å². The molecule has 0 atom stereocenters. The third-order valence-corrected chi connectivity index (χ3v) is 4.69. The molecule has 0 aliphatic heterocycles. The van der Waals surface area contributed by atoms with E-state index in [1.54, 1.807) is 13.3 Å². The Kier molecular flexibility index (Phi) is 5.40. The largest absolute Gasteiger partial charge is 0.383 e. The number of hydrogen-bond donors (Lipinski definition) is 2. The zero-order valence-corrected chi connectivity index (χ0v) is 16.8. The number of methoxy groups -OCH3 is 1. The van der Waals surface area contributed by atoms with Gasteiger partial charge in [-0.05, 0) is 24.6 Å². The van der Waals surface area contributed by atoms with Gasteiger partial charge < -0.3 is 15.8 Å². The van der Waals surface area contributed by atoms with Gasteiger partial charge in [-0.15, -0.1) is 0 Å². The molecule has 1 amide bonds. The molecule has 0 unspecified atom stereocenters. The van der Waals surface area contributed by atoms with Crippen molar-refractivity contribution < 1.29 is 9.53 Å². The smallest absolute Gasteiger partial charge is 0.257 e. The average Bonchev–Trinajstić information content (AvgIpc) is 3.02. The number of fused-ring (bicyclic) bond motifs is 2. The molecule has 8 heteroatoms. The van der Waals surface area contributed by atoms with Gasteiger partial charge in [0.15, 0.2) is 5.65 Å². The van der Waals surface area contributed by atoms with Crippen molar-refractivity contribution in [3.8, 4) is 0 Å². The number of anilines is 1. The fraction of sp³-hybridized carbons (Fsp3) is 0.182. The Morgan fingerprint density at radius 1 is 1.17 bits per heavy atom. The second-order valence-corrected chi connectivity index (χ2v) is 6.86. The lowest BCUT2D eigenvalue weighted by Gasteiger charge is -2.04. The monoisotopic (exact) mass is 402 g/mol. The topological polar surface area (TPSA) is 107 Å². The van der Waals surface area contributed by atoms with E-state index < -0.39 is 0 Å². The van der Waals surface area contributed by atoms with Crippen LogP contribution in [0.25, 0.3) is 22.2 Å². The maximum Gasteiger partial charge on any atom is 0.257 e. The summed E-state index contributed by atoms with van der Waals surface area (Å²) in [5.41, 5.74) is 10.9. The van der Waals surface area contributed by atoms with Crippen LogP contribution in [-0.2, 0) is 4.74 Å². The van der Waals surface area contributed by atoms with E-state index in [1.165, 1.54) is 4.68 Å². The van der Waals surface area contributed by atoms with Crippen LogP contribution in [0.15, 0.2) is 53.6 Å². The average molecular weight is 402 g/mol. The van der Waals surface area contributed by atoms with Crippen molar-refractivity contribution >= 4 is 40.1 Å². The molecule has 0 radical (unpaired) electrons. The third kappa shape index (κ3) is 3.72. The van der Waals surface area contributed by atoms with Gasteiger partial charge in [-0.25, -0.2) is 9.97 Å². The summed E-state index contributed by atoms with van der Waals surface area (Å²) in [7, 11) is 1.57. The molecule has 8 nitrogen and oxygen atoms in total. The van der Waals surface area contributed by atoms with Crippen LogP contribution in [0.5, 0.6) is 0 Å². The molecule has 2 aromatic heterocycles. The first-order valence-corrected chi connectivity index (χ1v) is 9.53. The molecule has 0 fully saturated rings. The van der Waals surface area contributed by atoms with Crippen molar-refractivity contribution in [3.63, 3.8) is 0 Å². The van der Waals surface area contributed by atoms with Gasteiger partial charge >= 0.3 is 0 Å². The number of para-hydroxylation sites is 2. The van der Waals surface area contributed by atoms with Crippen molar-refractivity contribution in [2.24, 2.45) is 5.10 Å². The summed E-state index contributed by atoms with van der Waals surface area (Å²) in [5.74, 6) is -0.165. The number of aromatic nitrogens is 3. The zero-order valence-electron chi connectivity index (χ0n) is 16.8. The number of nitrogens with one attached hydrogen (secondary N) is 1. The van der Waals surface area contributed by atoms with E-state index in [-0.39, 0.29) is 17.3 Å². The van der Waals surface area contributed by atoms with Crippen molar-refractivity contribution in [2.45, 2.75) is 6.92 Å².